The van der Waals surface area contributed by atoms with Gasteiger partial charge < -0.3 is 93.0 Å². The first-order valence-electron chi connectivity index (χ1n) is 28.7. The molecule has 26 heteroatoms. The Morgan fingerprint density at radius 2 is 1.43 bits per heavy atom. The van der Waals surface area contributed by atoms with Gasteiger partial charge in [-0.05, 0) is 93.8 Å². The molecule has 0 unspecified atom stereocenters. The topological polar surface area (TPSA) is 361 Å². The molecule has 25 nitrogen and oxygen atoms in total. The molecule has 464 valence electrons. The lowest BCUT2D eigenvalue weighted by atomic mass is 9.41. The van der Waals surface area contributed by atoms with Crippen molar-refractivity contribution in [3.63, 3.8) is 0 Å². The van der Waals surface area contributed by atoms with Crippen LogP contribution in [0.15, 0.2) is 11.6 Å². The van der Waals surface area contributed by atoms with Gasteiger partial charge in [0.2, 0.25) is 0 Å². The van der Waals surface area contributed by atoms with Gasteiger partial charge in [0.15, 0.2) is 25.2 Å². The molecule has 81 heavy (non-hydrogen) atoms. The summed E-state index contributed by atoms with van der Waals surface area (Å²) in [5.74, 6) is -0.409. The van der Waals surface area contributed by atoms with Crippen molar-refractivity contribution in [1.82, 2.24) is 0 Å². The summed E-state index contributed by atoms with van der Waals surface area (Å²) in [5.41, 5.74) is -2.08. The number of aliphatic hydroxyl groups is 8. The molecular formula is C55H88O25S. The van der Waals surface area contributed by atoms with Gasteiger partial charge in [0.25, 0.3) is 0 Å². The Hall–Kier alpha value is -2.13. The molecule has 9 rings (SSSR count). The second kappa shape index (κ2) is 23.5. The van der Waals surface area contributed by atoms with Gasteiger partial charge in [0, 0.05) is 19.4 Å². The number of esters is 2. The molecule has 0 aromatic carbocycles. The number of allylic oxidation sites excluding steroid dienone is 2. The summed E-state index contributed by atoms with van der Waals surface area (Å²) in [5, 5.41) is 88.4. The molecule has 0 aromatic rings. The van der Waals surface area contributed by atoms with E-state index in [2.05, 4.69) is 47.6 Å². The summed E-state index contributed by atoms with van der Waals surface area (Å²) in [6, 6.07) is 0. The van der Waals surface area contributed by atoms with Gasteiger partial charge in [0.05, 0.1) is 43.4 Å². The summed E-state index contributed by atoms with van der Waals surface area (Å²) >= 11 is 0. The van der Waals surface area contributed by atoms with E-state index in [1.54, 1.807) is 0 Å². The van der Waals surface area contributed by atoms with Crippen LogP contribution in [0.25, 0.3) is 0 Å². The highest BCUT2D eigenvalue weighted by Crippen LogP contribution is 2.77. The predicted molar refractivity (Wildman–Crippen MR) is 276 cm³/mol. The summed E-state index contributed by atoms with van der Waals surface area (Å²) < 4.78 is 104. The maximum absolute atomic E-state index is 14.7. The first-order valence-corrected chi connectivity index (χ1v) is 30.1. The Kier molecular flexibility index (Phi) is 18.4. The van der Waals surface area contributed by atoms with Crippen LogP contribution in [0, 0.1) is 45.3 Å². The van der Waals surface area contributed by atoms with Crippen LogP contribution in [0.2, 0.25) is 0 Å². The lowest BCUT2D eigenvalue weighted by Gasteiger charge is -2.64. The Labute approximate surface area is 473 Å². The van der Waals surface area contributed by atoms with Crippen molar-refractivity contribution >= 4 is 22.3 Å². The fourth-order valence-electron chi connectivity index (χ4n) is 16.5. The van der Waals surface area contributed by atoms with Gasteiger partial charge >= 0.3 is 22.3 Å². The molecular weight excluding hydrogens is 1090 g/mol. The number of aliphatic hydroxyl groups excluding tert-OH is 8. The number of hydrogen-bond acceptors (Lipinski definition) is 24. The third-order valence-electron chi connectivity index (χ3n) is 20.4. The largest absolute Gasteiger partial charge is 0.462 e. The lowest BCUT2D eigenvalue weighted by molar-refractivity contribution is -0.382. The molecule has 5 aliphatic heterocycles. The molecule has 1 spiro atoms. The third kappa shape index (κ3) is 11.2. The van der Waals surface area contributed by atoms with Crippen LogP contribution in [0.4, 0.5) is 0 Å². The minimum Gasteiger partial charge on any atom is -0.462 e. The van der Waals surface area contributed by atoms with Gasteiger partial charge in [-0.3, -0.25) is 14.1 Å². The van der Waals surface area contributed by atoms with Crippen molar-refractivity contribution in [3.8, 4) is 0 Å². The Balaban J connectivity index is 0.906. The molecule has 4 aliphatic carbocycles. The highest BCUT2D eigenvalue weighted by Gasteiger charge is 2.79. The van der Waals surface area contributed by atoms with E-state index in [9.17, 15) is 63.4 Å². The third-order valence-corrected chi connectivity index (χ3v) is 20.9. The van der Waals surface area contributed by atoms with E-state index in [1.807, 2.05) is 6.92 Å². The van der Waals surface area contributed by atoms with Crippen LogP contribution in [0.1, 0.15) is 120 Å². The molecule has 8 fully saturated rings. The molecule has 9 N–H and O–H groups in total. The number of ether oxygens (including phenoxy) is 11. The van der Waals surface area contributed by atoms with Crippen molar-refractivity contribution in [2.75, 3.05) is 26.9 Å². The minimum atomic E-state index is -5.16. The van der Waals surface area contributed by atoms with E-state index in [-0.39, 0.29) is 29.1 Å². The Bertz CT molecular complexity index is 2390. The monoisotopic (exact) mass is 1180 g/mol. The zero-order chi connectivity index (χ0) is 59.3. The van der Waals surface area contributed by atoms with Crippen molar-refractivity contribution in [3.05, 3.63) is 11.6 Å². The molecule has 5 saturated heterocycles. The molecule has 3 saturated carbocycles. The van der Waals surface area contributed by atoms with Gasteiger partial charge in [-0.25, -0.2) is 4.18 Å². The van der Waals surface area contributed by atoms with Crippen LogP contribution < -0.4 is 0 Å². The predicted octanol–water partition coefficient (Wildman–Crippen LogP) is 0.700. The van der Waals surface area contributed by atoms with E-state index < -0.39 is 181 Å². The maximum Gasteiger partial charge on any atom is 0.397 e. The van der Waals surface area contributed by atoms with Crippen LogP contribution >= 0.6 is 0 Å². The summed E-state index contributed by atoms with van der Waals surface area (Å²) in [4.78, 5) is 27.4. The summed E-state index contributed by atoms with van der Waals surface area (Å²) in [6.45, 7) is 16.1. The van der Waals surface area contributed by atoms with E-state index in [0.29, 0.717) is 50.9 Å². The zero-order valence-electron chi connectivity index (χ0n) is 47.9. The number of cyclic esters (lactones) is 1. The van der Waals surface area contributed by atoms with Gasteiger partial charge in [-0.2, -0.15) is 8.42 Å². The number of carbonyl (C=O) groups is 2. The van der Waals surface area contributed by atoms with Crippen molar-refractivity contribution < 1.29 is 120 Å². The second-order valence-electron chi connectivity index (χ2n) is 26.1. The summed E-state index contributed by atoms with van der Waals surface area (Å²) in [7, 11) is -3.95. The molecule has 0 bridgehead atoms. The van der Waals surface area contributed by atoms with Gasteiger partial charge in [-0.15, -0.1) is 0 Å². The fourth-order valence-corrected chi connectivity index (χ4v) is 17.0. The number of hydrogen-bond donors (Lipinski definition) is 9. The number of fused-ring (bicyclic) bond motifs is 4. The van der Waals surface area contributed by atoms with E-state index >= 15 is 0 Å². The average molecular weight is 1180 g/mol. The fraction of sp³-hybridized carbons (Fsp3) is 0.927. The maximum atomic E-state index is 14.7. The van der Waals surface area contributed by atoms with Crippen molar-refractivity contribution in [2.24, 2.45) is 45.3 Å². The highest BCUT2D eigenvalue weighted by atomic mass is 32.3. The van der Waals surface area contributed by atoms with E-state index in [1.165, 1.54) is 26.5 Å². The smallest absolute Gasteiger partial charge is 0.397 e. The van der Waals surface area contributed by atoms with Crippen molar-refractivity contribution in [2.45, 2.75) is 249 Å². The normalized spacial score (nSPS) is 49.7. The highest BCUT2D eigenvalue weighted by molar-refractivity contribution is 7.80. The van der Waals surface area contributed by atoms with Crippen molar-refractivity contribution in [1.29, 1.82) is 0 Å². The molecule has 0 amide bonds. The lowest BCUT2D eigenvalue weighted by Crippen LogP contribution is -2.65. The van der Waals surface area contributed by atoms with Gasteiger partial charge in [0.1, 0.15) is 91.1 Å². The number of methoxy groups -OCH3 is 1. The van der Waals surface area contributed by atoms with Crippen LogP contribution in [-0.4, -0.2) is 221 Å². The average Bonchev–Trinajstić information content (AvgIpc) is 1.74. The Morgan fingerprint density at radius 1 is 0.778 bits per heavy atom. The molecule has 27 atom stereocenters. The molecule has 9 aliphatic rings. The SMILES string of the molecule is CO[C@@H]1[C@@H](O)[C@H](O[C@@H]2[C@@H](O)[C@H](O[C@H]3[C@H](O)[C@@H](O)[C@H](O[C@H]4[C@H](O[C@H]5CC[C@]6(C)[C@@H]7CC[C@]89C(=O)O[C@@](C)(CCCC(C)C)[C@H]8[C@@H](OC(C)=O)C[C@@]9(C)C7=CC[C@H]6C5(C)C)OC[C@@H](OS(=O)(=O)O)[C@@H]4O)O[C@@H]3C)OC[C@H]2O)O[C@H](CO)[C@H]1O. The molecule has 0 aromatic heterocycles. The quantitative estimate of drug-likeness (QED) is 0.0550. The van der Waals surface area contributed by atoms with Crippen LogP contribution in [0.3, 0.4) is 0 Å². The second-order valence-corrected chi connectivity index (χ2v) is 27.1. The molecule has 5 heterocycles. The van der Waals surface area contributed by atoms with E-state index in [0.717, 1.165) is 12.8 Å². The van der Waals surface area contributed by atoms with Crippen LogP contribution in [-0.2, 0) is 76.3 Å². The minimum absolute atomic E-state index is 0.00650. The first kappa shape index (κ1) is 63.4. The standard InChI is InChI=1S/C55H88O25S/c1-24(2)12-11-17-54(9)45-30(73-26(4)57)20-53(8)28-13-14-33-51(5,6)34(16-18-52(33,7)27(28)15-19-55(45,53)50(65)79-54)75-49-44(36(60)32(23-71-49)80-81(66,67)68)78-47-38(62)37(61)41(25(3)72-47)76-46-39(63)42(29(58)22-70-46)77-48-40(64)43(69-10)35(59)31(21-56)74-48/h13,24-25,27,29-49,56,58-64H,11-12,14-23H2,1-10H3,(H,66,67,68)/t25-,27-,29-,30+,31-,32-,33+,34+,35-,36+,37-,38-,39-,40-,41-,42+,43+,44-,45-,46+,47+,48+,49+,52-,53+,54+,55-/m1/s1. The Morgan fingerprint density at radius 3 is 2.09 bits per heavy atom. The summed E-state index contributed by atoms with van der Waals surface area (Å²) in [6.07, 6.45) is -21.7. The zero-order valence-corrected chi connectivity index (χ0v) is 48.7. The molecule has 0 radical (unpaired) electrons. The van der Waals surface area contributed by atoms with Crippen LogP contribution in [0.5, 0.6) is 0 Å². The number of carbonyl (C=O) groups excluding carboxylic acids is 2. The first-order chi connectivity index (χ1) is 37.9. The van der Waals surface area contributed by atoms with Gasteiger partial charge in [-0.1, -0.05) is 59.6 Å². The number of rotatable bonds is 17. The van der Waals surface area contributed by atoms with E-state index in [4.69, 9.17) is 56.3 Å².